The first-order valence-electron chi connectivity index (χ1n) is 16.1. The van der Waals surface area contributed by atoms with Crippen molar-refractivity contribution >= 4 is 71.1 Å². The summed E-state index contributed by atoms with van der Waals surface area (Å²) in [7, 11) is -4.09. The number of carbonyl (C=O) groups is 2. The third-order valence-corrected chi connectivity index (χ3v) is 10.2. The Hall–Kier alpha value is -5.20. The topological polar surface area (TPSA) is 153 Å². The van der Waals surface area contributed by atoms with Crippen molar-refractivity contribution in [3.63, 3.8) is 0 Å². The van der Waals surface area contributed by atoms with Crippen molar-refractivity contribution in [1.82, 2.24) is 24.3 Å². The van der Waals surface area contributed by atoms with E-state index in [9.17, 15) is 22.8 Å². The van der Waals surface area contributed by atoms with Crippen LogP contribution in [0.4, 0.5) is 0 Å². The predicted molar refractivity (Wildman–Crippen MR) is 185 cm³/mol. The number of fused-ring (bicyclic) bond motifs is 8. The Balaban J connectivity index is 1.22. The third-order valence-electron chi connectivity index (χ3n) is 9.35. The standard InChI is InChI=1S/C36H31N5O6S/c1-2-3-4-6-30(42)20-8-13-27-29(17-20)41-34(39-27)24-10-7-22-19-40-28-18-21(35(43)37-15-5-16-48(45,46)47)9-14-26(28)38-33(40)23-11-12-25(36(41)44)32(24)31(22)23/h7-14,17-18H,2-6,15-16,19H2,1H3,(H,37,43)(H,45,46,47). The van der Waals surface area contributed by atoms with Crippen LogP contribution in [0.25, 0.3) is 60.6 Å². The monoisotopic (exact) mass is 661 g/mol. The van der Waals surface area contributed by atoms with Crippen LogP contribution in [0.3, 0.4) is 0 Å². The number of benzene rings is 4. The summed E-state index contributed by atoms with van der Waals surface area (Å²) in [6.45, 7) is 2.69. The molecule has 0 saturated heterocycles. The molecule has 12 heteroatoms. The lowest BCUT2D eigenvalue weighted by atomic mass is 9.91. The molecule has 4 aromatic carbocycles. The van der Waals surface area contributed by atoms with Gasteiger partial charge in [0.2, 0.25) is 0 Å². The van der Waals surface area contributed by atoms with Gasteiger partial charge in [-0.3, -0.25) is 23.3 Å². The van der Waals surface area contributed by atoms with Crippen LogP contribution in [-0.4, -0.2) is 55.9 Å². The number of nitrogens with zero attached hydrogens (tertiary/aromatic N) is 4. The van der Waals surface area contributed by atoms with Gasteiger partial charge in [0.15, 0.2) is 5.78 Å². The summed E-state index contributed by atoms with van der Waals surface area (Å²) >= 11 is 0. The second kappa shape index (κ2) is 11.2. The van der Waals surface area contributed by atoms with Crippen LogP contribution in [-0.2, 0) is 16.7 Å². The van der Waals surface area contributed by atoms with Crippen LogP contribution in [0.5, 0.6) is 0 Å². The Morgan fingerprint density at radius 3 is 2.42 bits per heavy atom. The molecule has 0 atom stereocenters. The molecule has 4 heterocycles. The van der Waals surface area contributed by atoms with E-state index in [4.69, 9.17) is 14.5 Å². The van der Waals surface area contributed by atoms with Gasteiger partial charge in [-0.15, -0.1) is 0 Å². The largest absolute Gasteiger partial charge is 0.352 e. The van der Waals surface area contributed by atoms with E-state index in [0.717, 1.165) is 57.9 Å². The van der Waals surface area contributed by atoms with Crippen molar-refractivity contribution < 1.29 is 22.6 Å². The van der Waals surface area contributed by atoms with Gasteiger partial charge in [0, 0.05) is 45.8 Å². The molecular weight excluding hydrogens is 630 g/mol. The highest BCUT2D eigenvalue weighted by Crippen LogP contribution is 2.42. The first-order chi connectivity index (χ1) is 23.1. The van der Waals surface area contributed by atoms with E-state index in [1.165, 1.54) is 0 Å². The maximum Gasteiger partial charge on any atom is 0.264 e. The third kappa shape index (κ3) is 4.82. The molecule has 48 heavy (non-hydrogen) atoms. The van der Waals surface area contributed by atoms with Gasteiger partial charge in [0.25, 0.3) is 21.6 Å². The van der Waals surface area contributed by atoms with E-state index in [2.05, 4.69) is 16.8 Å². The molecule has 0 fully saturated rings. The van der Waals surface area contributed by atoms with Gasteiger partial charge in [0.1, 0.15) is 11.5 Å². The molecule has 0 spiro atoms. The molecular formula is C36H31N5O6S. The fourth-order valence-corrected chi connectivity index (χ4v) is 7.55. The van der Waals surface area contributed by atoms with Crippen molar-refractivity contribution in [3.05, 3.63) is 87.7 Å². The van der Waals surface area contributed by atoms with Crippen LogP contribution in [0.1, 0.15) is 65.3 Å². The smallest absolute Gasteiger partial charge is 0.264 e. The van der Waals surface area contributed by atoms with Crippen molar-refractivity contribution in [2.24, 2.45) is 0 Å². The summed E-state index contributed by atoms with van der Waals surface area (Å²) in [6.07, 6.45) is 3.44. The van der Waals surface area contributed by atoms with Gasteiger partial charge in [-0.25, -0.2) is 9.97 Å². The number of imidazole rings is 2. The summed E-state index contributed by atoms with van der Waals surface area (Å²) in [5.74, 6) is 0.00738. The molecule has 2 N–H and O–H groups in total. The molecule has 3 aromatic heterocycles. The normalized spacial score (nSPS) is 12.9. The van der Waals surface area contributed by atoms with Crippen LogP contribution in [0.2, 0.25) is 0 Å². The summed E-state index contributed by atoms with van der Waals surface area (Å²) < 4.78 is 34.6. The zero-order valence-corrected chi connectivity index (χ0v) is 26.9. The Morgan fingerprint density at radius 1 is 0.875 bits per heavy atom. The number of hydrogen-bond donors (Lipinski definition) is 2. The maximum atomic E-state index is 14.2. The summed E-state index contributed by atoms with van der Waals surface area (Å²) in [5.41, 5.74) is 5.99. The lowest BCUT2D eigenvalue weighted by molar-refractivity contribution is 0.0951. The first kappa shape index (κ1) is 30.2. The van der Waals surface area contributed by atoms with Gasteiger partial charge in [0.05, 0.1) is 34.4 Å². The minimum absolute atomic E-state index is 0.0643. The van der Waals surface area contributed by atoms with E-state index in [0.29, 0.717) is 51.7 Å². The van der Waals surface area contributed by atoms with Crippen molar-refractivity contribution in [2.45, 2.75) is 45.6 Å². The van der Waals surface area contributed by atoms with E-state index >= 15 is 0 Å². The number of nitrogens with one attached hydrogen (secondary N) is 1. The molecule has 242 valence electrons. The number of ketones is 1. The molecule has 8 rings (SSSR count). The highest BCUT2D eigenvalue weighted by Gasteiger charge is 2.27. The van der Waals surface area contributed by atoms with E-state index < -0.39 is 15.9 Å². The minimum Gasteiger partial charge on any atom is -0.352 e. The highest BCUT2D eigenvalue weighted by atomic mass is 32.2. The van der Waals surface area contributed by atoms with E-state index in [-0.39, 0.29) is 30.2 Å². The van der Waals surface area contributed by atoms with Crippen molar-refractivity contribution in [1.29, 1.82) is 0 Å². The molecule has 11 nitrogen and oxygen atoms in total. The number of rotatable bonds is 10. The van der Waals surface area contributed by atoms with Gasteiger partial charge in [-0.05, 0) is 72.3 Å². The lowest BCUT2D eigenvalue weighted by Crippen LogP contribution is -2.25. The molecule has 1 aliphatic heterocycles. The molecule has 0 bridgehead atoms. The number of Topliss-reactive ketones (excluding diaryl/α,β-unsaturated/α-hetero) is 1. The number of hydrogen-bond acceptors (Lipinski definition) is 7. The van der Waals surface area contributed by atoms with E-state index in [1.54, 1.807) is 34.7 Å². The Bertz CT molecular complexity index is 2660. The molecule has 0 radical (unpaired) electrons. The average Bonchev–Trinajstić information content (AvgIpc) is 3.64. The quantitative estimate of drug-likeness (QED) is 0.107. The fourth-order valence-electron chi connectivity index (χ4n) is 7.04. The Labute approximate surface area is 274 Å². The van der Waals surface area contributed by atoms with Crippen LogP contribution < -0.4 is 10.9 Å². The average molecular weight is 662 g/mol. The molecule has 7 aromatic rings. The highest BCUT2D eigenvalue weighted by molar-refractivity contribution is 7.85. The number of carbonyl (C=O) groups excluding carboxylic acids is 2. The molecule has 1 aliphatic rings. The maximum absolute atomic E-state index is 14.2. The van der Waals surface area contributed by atoms with Crippen LogP contribution in [0.15, 0.2) is 65.5 Å². The first-order valence-corrected chi connectivity index (χ1v) is 17.7. The number of aromatic nitrogens is 4. The van der Waals surface area contributed by atoms with Crippen LogP contribution in [0, 0.1) is 0 Å². The van der Waals surface area contributed by atoms with Crippen molar-refractivity contribution in [3.8, 4) is 11.4 Å². The minimum atomic E-state index is -4.09. The Morgan fingerprint density at radius 2 is 1.62 bits per heavy atom. The molecule has 1 amide bonds. The molecule has 0 unspecified atom stereocenters. The van der Waals surface area contributed by atoms with Gasteiger partial charge >= 0.3 is 0 Å². The number of amides is 1. The van der Waals surface area contributed by atoms with Crippen molar-refractivity contribution in [2.75, 3.05) is 12.3 Å². The second-order valence-electron chi connectivity index (χ2n) is 12.5. The number of pyridine rings is 1. The van der Waals surface area contributed by atoms with E-state index in [1.807, 2.05) is 30.3 Å². The lowest BCUT2D eigenvalue weighted by Gasteiger charge is -2.21. The summed E-state index contributed by atoms with van der Waals surface area (Å²) in [5, 5.41) is 5.89. The van der Waals surface area contributed by atoms with Gasteiger partial charge in [-0.2, -0.15) is 8.42 Å². The molecule has 0 saturated carbocycles. The zero-order chi connectivity index (χ0) is 33.3. The van der Waals surface area contributed by atoms with Gasteiger partial charge in [-0.1, -0.05) is 31.9 Å². The van der Waals surface area contributed by atoms with Gasteiger partial charge < -0.3 is 9.88 Å². The zero-order valence-electron chi connectivity index (χ0n) is 26.1. The Kier molecular flexibility index (Phi) is 7.04. The SMILES string of the molecule is CCCCCC(=O)c1ccc2nc3c4ccc5c6c(ccc(c(=O)n3c2c1)c64)-c1nc2ccc(C(=O)NCCCS(=O)(=O)O)cc2n1C5. The molecule has 0 aliphatic carbocycles. The fraction of sp³-hybridized carbons (Fsp3) is 0.250. The number of unbranched alkanes of at least 4 members (excludes halogenated alkanes) is 2. The predicted octanol–water partition coefficient (Wildman–Crippen LogP) is 5.74. The summed E-state index contributed by atoms with van der Waals surface area (Å²) in [4.78, 5) is 49.8. The summed E-state index contributed by atoms with van der Waals surface area (Å²) in [6, 6.07) is 18.5. The van der Waals surface area contributed by atoms with Crippen LogP contribution >= 0.6 is 0 Å². The second-order valence-corrected chi connectivity index (χ2v) is 14.0.